The molecule has 3 saturated heterocycles. The molecular weight excluding hydrogens is 1280 g/mol. The minimum Gasteiger partial charge on any atom is -0.480 e. The normalized spacial score (nSPS) is 19.8. The summed E-state index contributed by atoms with van der Waals surface area (Å²) in [6.07, 6.45) is -1.79. The van der Waals surface area contributed by atoms with Gasteiger partial charge in [-0.3, -0.25) is 14.6 Å². The molecule has 19 nitrogen and oxygen atoms in total. The number of aliphatic carboxylic acids is 3. The Kier molecular flexibility index (Phi) is 18.0. The van der Waals surface area contributed by atoms with Gasteiger partial charge in [-0.15, -0.1) is 0 Å². The fourth-order valence-electron chi connectivity index (χ4n) is 10.6. The number of carboxylic acids is 3. The maximum atomic E-state index is 13.1. The van der Waals surface area contributed by atoms with Gasteiger partial charge in [0.2, 0.25) is 17.6 Å². The van der Waals surface area contributed by atoms with Crippen LogP contribution in [0.25, 0.3) is 43.8 Å². The summed E-state index contributed by atoms with van der Waals surface area (Å²) in [6.45, 7) is 6.06. The van der Waals surface area contributed by atoms with Crippen molar-refractivity contribution >= 4 is 111 Å². The highest BCUT2D eigenvalue weighted by molar-refractivity contribution is 9.11. The molecule has 0 unspecified atom stereocenters. The van der Waals surface area contributed by atoms with Crippen LogP contribution in [0.3, 0.4) is 0 Å². The zero-order valence-corrected chi connectivity index (χ0v) is 50.3. The Hall–Kier alpha value is -7.92. The monoisotopic (exact) mass is 1330 g/mol. The molecule has 0 radical (unpaired) electrons. The average Bonchev–Trinajstić information content (AvgIpc) is 3.16. The molecule has 2 amide bonds. The first-order chi connectivity index (χ1) is 40.3. The highest BCUT2D eigenvalue weighted by atomic mass is 79.9. The number of rotatable bonds is 11. The summed E-state index contributed by atoms with van der Waals surface area (Å²) in [7, 11) is 0. The standard InChI is InChI=1S/C29H23BrN2O5.C19H21BrN2O5.C14H13BrN2O3/c30-24-13-17-7-1-6-12-25(17)31-27(24)37-18-14-26(28(33)34)32(15-18)29(35)36-16-23-21-10-4-2-8-19(21)20-9-3-5-11-22(20)23;1-19(2,3)27-18(25)22-10-12(9-15(22)17(23)24)26-16-13(20)8-11-6-4-5-7-14(11)21-16;15-10-5-8-3-1-2-4-11(8)17-13(10)20-9-6-12(14(18)19)16-7-9/h1-13,18,23,26H,14-16H2,(H,33,34);4-8,12,15H,9-10H2,1-3H3,(H,23,24);1-5,9,12,16H,6-7H2,(H,18,19)/t18-,26+;12-,15+;9-,12+/m111/s1. The van der Waals surface area contributed by atoms with Crippen molar-refractivity contribution in [1.82, 2.24) is 30.1 Å². The van der Waals surface area contributed by atoms with E-state index in [1.165, 1.54) is 9.80 Å². The van der Waals surface area contributed by atoms with E-state index >= 15 is 0 Å². The molecule has 8 aromatic rings. The highest BCUT2D eigenvalue weighted by Gasteiger charge is 2.44. The fraction of sp³-hybridized carbons (Fsp3) is 0.290. The van der Waals surface area contributed by atoms with Gasteiger partial charge in [0, 0.05) is 47.9 Å². The first kappa shape index (κ1) is 59.2. The Morgan fingerprint density at radius 1 is 0.536 bits per heavy atom. The number of nitrogens with one attached hydrogen (secondary N) is 1. The van der Waals surface area contributed by atoms with Gasteiger partial charge in [-0.05, 0) is 127 Å². The van der Waals surface area contributed by atoms with Crippen molar-refractivity contribution in [2.75, 3.05) is 26.2 Å². The molecule has 6 atom stereocenters. The van der Waals surface area contributed by atoms with Crippen LogP contribution >= 0.6 is 47.8 Å². The Morgan fingerprint density at radius 3 is 1.33 bits per heavy atom. The summed E-state index contributed by atoms with van der Waals surface area (Å²) >= 11 is 10.4. The minimum absolute atomic E-state index is 0.0919. The van der Waals surface area contributed by atoms with E-state index in [9.17, 15) is 34.2 Å². The Morgan fingerprint density at radius 2 is 0.929 bits per heavy atom. The number of pyridine rings is 3. The van der Waals surface area contributed by atoms with Crippen LogP contribution in [0.4, 0.5) is 9.59 Å². The molecule has 22 heteroatoms. The lowest BCUT2D eigenvalue weighted by molar-refractivity contribution is -0.142. The summed E-state index contributed by atoms with van der Waals surface area (Å²) in [5, 5.41) is 34.1. The molecule has 3 aliphatic heterocycles. The van der Waals surface area contributed by atoms with Crippen LogP contribution in [-0.2, 0) is 23.9 Å². The second-order valence-corrected chi connectivity index (χ2v) is 24.0. The number of nitrogens with zero attached hydrogens (tertiary/aromatic N) is 5. The molecule has 434 valence electrons. The Bertz CT molecular complexity index is 3770. The second-order valence-electron chi connectivity index (χ2n) is 21.4. The van der Waals surface area contributed by atoms with Crippen LogP contribution in [0, 0.1) is 0 Å². The zero-order valence-electron chi connectivity index (χ0n) is 45.6. The summed E-state index contributed by atoms with van der Waals surface area (Å²) in [5.41, 5.74) is 6.14. The van der Waals surface area contributed by atoms with E-state index in [1.807, 2.05) is 127 Å². The van der Waals surface area contributed by atoms with Gasteiger partial charge < -0.3 is 44.3 Å². The van der Waals surface area contributed by atoms with Gasteiger partial charge in [0.1, 0.15) is 48.6 Å². The lowest BCUT2D eigenvalue weighted by atomic mass is 9.98. The molecular formula is C62H57Br3N6O13. The SMILES string of the molecule is CC(C)(C)OC(=O)N1C[C@H](Oc2nc3ccccc3cc2Br)C[C@H]1C(=O)O.O=C(O)[C@@H]1C[C@@H](Oc2nc3ccccc3cc2Br)CN1.O=C(O)[C@@H]1C[C@@H](Oc2nc3ccccc3cc2Br)CN1C(=O)OCC1c2ccccc2-c2ccccc21. The number of aromatic nitrogens is 3. The van der Waals surface area contributed by atoms with Gasteiger partial charge in [-0.2, -0.15) is 0 Å². The lowest BCUT2D eigenvalue weighted by Gasteiger charge is -2.26. The minimum atomic E-state index is -1.09. The molecule has 6 heterocycles. The van der Waals surface area contributed by atoms with Gasteiger partial charge in [-0.25, -0.2) is 34.1 Å². The van der Waals surface area contributed by atoms with Crippen LogP contribution in [0.1, 0.15) is 57.1 Å². The summed E-state index contributed by atoms with van der Waals surface area (Å²) in [4.78, 5) is 76.0. The number of carbonyl (C=O) groups is 5. The summed E-state index contributed by atoms with van der Waals surface area (Å²) < 4.78 is 31.0. The van der Waals surface area contributed by atoms with E-state index in [4.69, 9.17) is 28.8 Å². The Labute approximate surface area is 507 Å². The number of carbonyl (C=O) groups excluding carboxylic acids is 2. The maximum Gasteiger partial charge on any atom is 0.411 e. The molecule has 84 heavy (non-hydrogen) atoms. The third-order valence-electron chi connectivity index (χ3n) is 14.5. The van der Waals surface area contributed by atoms with Crippen LogP contribution in [0.5, 0.6) is 17.6 Å². The van der Waals surface area contributed by atoms with E-state index in [-0.39, 0.29) is 44.6 Å². The fourth-order valence-corrected chi connectivity index (χ4v) is 11.8. The molecule has 0 bridgehead atoms. The molecule has 4 N–H and O–H groups in total. The smallest absolute Gasteiger partial charge is 0.411 e. The van der Waals surface area contributed by atoms with Gasteiger partial charge in [0.05, 0.1) is 43.1 Å². The third kappa shape index (κ3) is 13.7. The largest absolute Gasteiger partial charge is 0.480 e. The van der Waals surface area contributed by atoms with Crippen molar-refractivity contribution in [1.29, 1.82) is 0 Å². The van der Waals surface area contributed by atoms with Crippen molar-refractivity contribution in [2.45, 2.75) is 88.0 Å². The first-order valence-electron chi connectivity index (χ1n) is 27.0. The molecule has 1 aliphatic carbocycles. The number of hydrogen-bond acceptors (Lipinski definition) is 14. The predicted octanol–water partition coefficient (Wildman–Crippen LogP) is 11.9. The van der Waals surface area contributed by atoms with Gasteiger partial charge in [-0.1, -0.05) is 103 Å². The number of benzene rings is 5. The van der Waals surface area contributed by atoms with Crippen molar-refractivity contribution in [2.24, 2.45) is 0 Å². The quantitative estimate of drug-likeness (QED) is 0.0939. The van der Waals surface area contributed by atoms with E-state index in [2.05, 4.69) is 80.2 Å². The number of hydrogen-bond donors (Lipinski definition) is 4. The number of fused-ring (bicyclic) bond motifs is 6. The van der Waals surface area contributed by atoms with Gasteiger partial charge in [0.15, 0.2) is 0 Å². The number of carboxylic acid groups (broad SMARTS) is 3. The van der Waals surface area contributed by atoms with Gasteiger partial charge >= 0.3 is 30.1 Å². The number of halogens is 3. The van der Waals surface area contributed by atoms with Crippen LogP contribution in [0.2, 0.25) is 0 Å². The number of ether oxygens (including phenoxy) is 5. The number of para-hydroxylation sites is 3. The molecule has 0 spiro atoms. The third-order valence-corrected chi connectivity index (χ3v) is 16.2. The topological polar surface area (TPSA) is 249 Å². The molecule has 4 aliphatic rings. The number of amides is 2. The van der Waals surface area contributed by atoms with Crippen molar-refractivity contribution in [3.8, 4) is 28.8 Å². The van der Waals surface area contributed by atoms with Crippen molar-refractivity contribution < 1.29 is 63.0 Å². The highest BCUT2D eigenvalue weighted by Crippen LogP contribution is 2.45. The van der Waals surface area contributed by atoms with E-state index in [0.29, 0.717) is 39.6 Å². The van der Waals surface area contributed by atoms with Crippen LogP contribution in [0.15, 0.2) is 153 Å². The molecule has 5 aromatic carbocycles. The summed E-state index contributed by atoms with van der Waals surface area (Å²) in [5.74, 6) is -1.89. The van der Waals surface area contributed by atoms with Crippen LogP contribution < -0.4 is 19.5 Å². The number of likely N-dealkylation sites (tertiary alicyclic amines) is 2. The van der Waals surface area contributed by atoms with Crippen molar-refractivity contribution in [3.05, 3.63) is 164 Å². The average molecular weight is 1330 g/mol. The zero-order chi connectivity index (χ0) is 59.4. The van der Waals surface area contributed by atoms with Gasteiger partial charge in [0.25, 0.3) is 0 Å². The van der Waals surface area contributed by atoms with Crippen molar-refractivity contribution in [3.63, 3.8) is 0 Å². The van der Waals surface area contributed by atoms with E-state index < -0.39 is 66.0 Å². The molecule has 3 aromatic heterocycles. The summed E-state index contributed by atoms with van der Waals surface area (Å²) in [6, 6.07) is 42.4. The molecule has 12 rings (SSSR count). The first-order valence-corrected chi connectivity index (χ1v) is 29.3. The maximum absolute atomic E-state index is 13.1. The Balaban J connectivity index is 0.000000148. The predicted molar refractivity (Wildman–Crippen MR) is 322 cm³/mol. The molecule has 3 fully saturated rings. The van der Waals surface area contributed by atoms with E-state index in [1.54, 1.807) is 20.8 Å². The molecule has 0 saturated carbocycles. The van der Waals surface area contributed by atoms with Crippen LogP contribution in [-0.4, -0.2) is 138 Å². The van der Waals surface area contributed by atoms with E-state index in [0.717, 1.165) is 59.4 Å². The lowest BCUT2D eigenvalue weighted by Crippen LogP contribution is -2.43. The second kappa shape index (κ2) is 25.5.